The smallest absolute Gasteiger partial charge is 0.250 e. The van der Waals surface area contributed by atoms with Crippen LogP contribution >= 0.6 is 11.8 Å². The number of benzene rings is 1. The highest BCUT2D eigenvalue weighted by Crippen LogP contribution is 2.31. The van der Waals surface area contributed by atoms with Gasteiger partial charge in [0.05, 0.1) is 17.4 Å². The molecule has 5 N–H and O–H groups in total. The largest absolute Gasteiger partial charge is 0.397 e. The van der Waals surface area contributed by atoms with Crippen molar-refractivity contribution in [3.63, 3.8) is 0 Å². The van der Waals surface area contributed by atoms with Crippen LogP contribution in [0.3, 0.4) is 0 Å². The first-order chi connectivity index (χ1) is 7.43. The predicted octanol–water partition coefficient (Wildman–Crippen LogP) is 1.23. The summed E-state index contributed by atoms with van der Waals surface area (Å²) in [5.41, 5.74) is 11.7. The minimum atomic E-state index is -0.537. The van der Waals surface area contributed by atoms with Crippen LogP contribution in [-0.2, 0) is 0 Å². The molecule has 2 unspecified atom stereocenters. The monoisotopic (exact) mass is 240 g/mol. The number of carbonyl (C=O) groups is 1. The maximum absolute atomic E-state index is 11.1. The quantitative estimate of drug-likeness (QED) is 0.545. The number of anilines is 1. The second kappa shape index (κ2) is 5.23. The van der Waals surface area contributed by atoms with Gasteiger partial charge >= 0.3 is 0 Å². The molecule has 2 atom stereocenters. The highest BCUT2D eigenvalue weighted by molar-refractivity contribution is 8.00. The second-order valence-corrected chi connectivity index (χ2v) is 5.06. The van der Waals surface area contributed by atoms with Gasteiger partial charge in [-0.25, -0.2) is 0 Å². The van der Waals surface area contributed by atoms with Gasteiger partial charge in [-0.05, 0) is 19.1 Å². The molecule has 88 valence electrons. The number of primary amides is 1. The molecule has 1 aromatic carbocycles. The molecule has 5 heteroatoms. The normalized spacial score (nSPS) is 14.4. The Morgan fingerprint density at radius 3 is 2.56 bits per heavy atom. The summed E-state index contributed by atoms with van der Waals surface area (Å²) in [6.07, 6.45) is -0.443. The van der Waals surface area contributed by atoms with E-state index < -0.39 is 12.0 Å². The van der Waals surface area contributed by atoms with Crippen LogP contribution in [0.25, 0.3) is 0 Å². The summed E-state index contributed by atoms with van der Waals surface area (Å²) in [5.74, 6) is -0.537. The number of nitrogen functional groups attached to an aromatic ring is 1. The minimum Gasteiger partial charge on any atom is -0.397 e. The van der Waals surface area contributed by atoms with E-state index in [-0.39, 0.29) is 5.25 Å². The van der Waals surface area contributed by atoms with Crippen molar-refractivity contribution in [2.24, 2.45) is 5.73 Å². The molecule has 0 spiro atoms. The van der Waals surface area contributed by atoms with E-state index in [1.165, 1.54) is 11.8 Å². The fourth-order valence-electron chi connectivity index (χ4n) is 1.16. The van der Waals surface area contributed by atoms with Crippen LogP contribution in [0.2, 0.25) is 0 Å². The lowest BCUT2D eigenvalue weighted by atomic mass is 10.2. The fourth-order valence-corrected chi connectivity index (χ4v) is 2.15. The van der Waals surface area contributed by atoms with Crippen molar-refractivity contribution < 1.29 is 9.90 Å². The Labute approximate surface area is 99.0 Å². The van der Waals surface area contributed by atoms with E-state index >= 15 is 0 Å². The molecule has 0 saturated heterocycles. The molecule has 0 aliphatic heterocycles. The van der Waals surface area contributed by atoms with Crippen molar-refractivity contribution in [1.29, 1.82) is 0 Å². The van der Waals surface area contributed by atoms with Crippen molar-refractivity contribution >= 4 is 23.4 Å². The van der Waals surface area contributed by atoms with E-state index in [0.29, 0.717) is 11.3 Å². The molecule has 0 bridgehead atoms. The number of amides is 1. The summed E-state index contributed by atoms with van der Waals surface area (Å²) >= 11 is 1.43. The Morgan fingerprint density at radius 1 is 1.44 bits per heavy atom. The maximum Gasteiger partial charge on any atom is 0.250 e. The van der Waals surface area contributed by atoms with Crippen molar-refractivity contribution in [2.75, 3.05) is 5.73 Å². The Morgan fingerprint density at radius 2 is 2.06 bits per heavy atom. The van der Waals surface area contributed by atoms with Crippen LogP contribution < -0.4 is 11.5 Å². The van der Waals surface area contributed by atoms with E-state index in [1.54, 1.807) is 19.1 Å². The zero-order valence-corrected chi connectivity index (χ0v) is 10.1. The van der Waals surface area contributed by atoms with Crippen LogP contribution in [0.4, 0.5) is 5.69 Å². The summed E-state index contributed by atoms with van der Waals surface area (Å²) in [4.78, 5) is 11.8. The number of thioether (sulfide) groups is 1. The van der Waals surface area contributed by atoms with Crippen LogP contribution in [0.5, 0.6) is 0 Å². The van der Waals surface area contributed by atoms with Crippen LogP contribution in [0.15, 0.2) is 23.1 Å². The number of rotatable bonds is 4. The van der Waals surface area contributed by atoms with Crippen LogP contribution in [-0.4, -0.2) is 22.4 Å². The predicted molar refractivity (Wildman–Crippen MR) is 66.4 cm³/mol. The molecule has 0 aliphatic carbocycles. The molecule has 0 heterocycles. The van der Waals surface area contributed by atoms with Crippen molar-refractivity contribution in [2.45, 2.75) is 30.1 Å². The highest BCUT2D eigenvalue weighted by atomic mass is 32.2. The van der Waals surface area contributed by atoms with Gasteiger partial charge in [0.15, 0.2) is 0 Å². The molecule has 4 nitrogen and oxygen atoms in total. The number of aliphatic hydroxyl groups is 1. The standard InChI is InChI=1S/C11H16N2O2S/c1-6(14)7(2)16-9-5-3-4-8(10(9)12)11(13)15/h3-7,14H,12H2,1-2H3,(H2,13,15). The maximum atomic E-state index is 11.1. The summed E-state index contributed by atoms with van der Waals surface area (Å²) in [7, 11) is 0. The molecular weight excluding hydrogens is 224 g/mol. The second-order valence-electron chi connectivity index (χ2n) is 3.65. The fraction of sp³-hybridized carbons (Fsp3) is 0.364. The Kier molecular flexibility index (Phi) is 4.20. The van der Waals surface area contributed by atoms with Gasteiger partial charge in [0.1, 0.15) is 0 Å². The topological polar surface area (TPSA) is 89.3 Å². The number of hydrogen-bond donors (Lipinski definition) is 3. The van der Waals surface area contributed by atoms with Crippen LogP contribution in [0, 0.1) is 0 Å². The first-order valence-electron chi connectivity index (χ1n) is 4.96. The lowest BCUT2D eigenvalue weighted by molar-refractivity contribution is 0.100. The third kappa shape index (κ3) is 2.90. The number of nitrogens with two attached hydrogens (primary N) is 2. The Bertz CT molecular complexity index is 394. The molecular formula is C11H16N2O2S. The van der Waals surface area contributed by atoms with Crippen molar-refractivity contribution in [1.82, 2.24) is 0 Å². The minimum absolute atomic E-state index is 0.00502. The van der Waals surface area contributed by atoms with Gasteiger partial charge in [0, 0.05) is 10.1 Å². The SMILES string of the molecule is CC(O)C(C)Sc1cccc(C(N)=O)c1N. The number of hydrogen-bond acceptors (Lipinski definition) is 4. The molecule has 16 heavy (non-hydrogen) atoms. The molecule has 0 radical (unpaired) electrons. The van der Waals surface area contributed by atoms with Gasteiger partial charge in [-0.2, -0.15) is 0 Å². The summed E-state index contributed by atoms with van der Waals surface area (Å²) in [6.45, 7) is 3.61. The van der Waals surface area contributed by atoms with Crippen molar-refractivity contribution in [3.05, 3.63) is 23.8 Å². The lowest BCUT2D eigenvalue weighted by Crippen LogP contribution is -2.17. The van der Waals surface area contributed by atoms with Gasteiger partial charge in [-0.3, -0.25) is 4.79 Å². The van der Waals surface area contributed by atoms with E-state index in [9.17, 15) is 9.90 Å². The average Bonchev–Trinajstić information content (AvgIpc) is 2.20. The van der Waals surface area contributed by atoms with Gasteiger partial charge in [0.2, 0.25) is 0 Å². The molecule has 1 rings (SSSR count). The van der Waals surface area contributed by atoms with E-state index in [1.807, 2.05) is 13.0 Å². The molecule has 0 saturated carbocycles. The first kappa shape index (κ1) is 12.9. The zero-order valence-electron chi connectivity index (χ0n) is 9.31. The van der Waals surface area contributed by atoms with Crippen LogP contribution in [0.1, 0.15) is 24.2 Å². The Hall–Kier alpha value is -1.20. The van der Waals surface area contributed by atoms with E-state index in [4.69, 9.17) is 11.5 Å². The number of para-hydroxylation sites is 1. The first-order valence-corrected chi connectivity index (χ1v) is 5.84. The molecule has 0 fully saturated rings. The molecule has 0 aliphatic rings. The Balaban J connectivity index is 2.98. The third-order valence-electron chi connectivity index (χ3n) is 2.32. The molecule has 1 amide bonds. The third-order valence-corrected chi connectivity index (χ3v) is 3.70. The van der Waals surface area contributed by atoms with Gasteiger partial charge in [-0.15, -0.1) is 11.8 Å². The average molecular weight is 240 g/mol. The van der Waals surface area contributed by atoms with E-state index in [2.05, 4.69) is 0 Å². The highest BCUT2D eigenvalue weighted by Gasteiger charge is 2.15. The molecule has 1 aromatic rings. The molecule has 0 aromatic heterocycles. The van der Waals surface area contributed by atoms with Gasteiger partial charge < -0.3 is 16.6 Å². The zero-order chi connectivity index (χ0) is 12.3. The lowest BCUT2D eigenvalue weighted by Gasteiger charge is -2.16. The van der Waals surface area contributed by atoms with E-state index in [0.717, 1.165) is 4.90 Å². The van der Waals surface area contributed by atoms with Gasteiger partial charge in [-0.1, -0.05) is 13.0 Å². The number of carbonyl (C=O) groups excluding carboxylic acids is 1. The number of aliphatic hydroxyl groups excluding tert-OH is 1. The van der Waals surface area contributed by atoms with Crippen molar-refractivity contribution in [3.8, 4) is 0 Å². The summed E-state index contributed by atoms with van der Waals surface area (Å²) in [5, 5.41) is 9.40. The summed E-state index contributed by atoms with van der Waals surface area (Å²) < 4.78 is 0. The van der Waals surface area contributed by atoms with Gasteiger partial charge in [0.25, 0.3) is 5.91 Å². The summed E-state index contributed by atoms with van der Waals surface area (Å²) in [6, 6.07) is 5.13.